The first-order chi connectivity index (χ1) is 14.0. The van der Waals surface area contributed by atoms with Gasteiger partial charge in [0.25, 0.3) is 5.91 Å². The zero-order valence-corrected chi connectivity index (χ0v) is 17.8. The summed E-state index contributed by atoms with van der Waals surface area (Å²) in [5.41, 5.74) is 2.75. The first kappa shape index (κ1) is 21.5. The van der Waals surface area contributed by atoms with Gasteiger partial charge in [-0.2, -0.15) is 4.31 Å². The third kappa shape index (κ3) is 5.04. The molecule has 1 amide bonds. The number of hydrogen-bond donors (Lipinski definition) is 0. The molecule has 3 rings (SSSR count). The summed E-state index contributed by atoms with van der Waals surface area (Å²) >= 11 is 0. The summed E-state index contributed by atoms with van der Waals surface area (Å²) in [4.78, 5) is 14.7. The Kier molecular flexibility index (Phi) is 7.05. The van der Waals surface area contributed by atoms with Crippen LogP contribution in [-0.2, 0) is 27.8 Å². The molecule has 29 heavy (non-hydrogen) atoms. The normalized spacial score (nSPS) is 15.4. The third-order valence-corrected chi connectivity index (χ3v) is 7.05. The number of carbonyl (C=O) groups is 1. The number of piperazine rings is 1. The maximum Gasteiger partial charge on any atom is 0.253 e. The van der Waals surface area contributed by atoms with Crippen LogP contribution in [-0.4, -0.2) is 56.8 Å². The third-order valence-electron chi connectivity index (χ3n) is 5.14. The summed E-state index contributed by atoms with van der Waals surface area (Å²) in [6.07, 6.45) is 1.96. The van der Waals surface area contributed by atoms with Crippen LogP contribution < -0.4 is 0 Å². The van der Waals surface area contributed by atoms with Gasteiger partial charge in [0.2, 0.25) is 10.0 Å². The molecular formula is C22H28N2O4S. The molecule has 0 atom stereocenters. The summed E-state index contributed by atoms with van der Waals surface area (Å²) in [5, 5.41) is 0. The number of carbonyl (C=O) groups excluding carboxylic acids is 1. The average Bonchev–Trinajstić information content (AvgIpc) is 2.75. The van der Waals surface area contributed by atoms with Gasteiger partial charge in [-0.25, -0.2) is 8.42 Å². The van der Waals surface area contributed by atoms with Crippen molar-refractivity contribution in [2.75, 3.05) is 33.3 Å². The van der Waals surface area contributed by atoms with Gasteiger partial charge >= 0.3 is 0 Å². The molecule has 0 N–H and O–H groups in total. The second kappa shape index (κ2) is 9.52. The van der Waals surface area contributed by atoms with Crippen molar-refractivity contribution in [1.29, 1.82) is 0 Å². The van der Waals surface area contributed by atoms with Gasteiger partial charge in [0.15, 0.2) is 0 Å². The molecule has 0 radical (unpaired) electrons. The Balaban J connectivity index is 1.62. The van der Waals surface area contributed by atoms with Crippen molar-refractivity contribution in [3.63, 3.8) is 0 Å². The number of nitrogens with zero attached hydrogens (tertiary/aromatic N) is 2. The van der Waals surface area contributed by atoms with E-state index < -0.39 is 10.0 Å². The Morgan fingerprint density at radius 3 is 2.07 bits per heavy atom. The van der Waals surface area contributed by atoms with Crippen LogP contribution in [0.25, 0.3) is 0 Å². The fourth-order valence-corrected chi connectivity index (χ4v) is 4.91. The van der Waals surface area contributed by atoms with Crippen LogP contribution in [0.4, 0.5) is 0 Å². The van der Waals surface area contributed by atoms with E-state index >= 15 is 0 Å². The quantitative estimate of drug-likeness (QED) is 0.696. The highest BCUT2D eigenvalue weighted by Crippen LogP contribution is 2.20. The molecule has 0 bridgehead atoms. The number of methoxy groups -OCH3 is 1. The molecule has 1 aliphatic rings. The Morgan fingerprint density at radius 1 is 0.931 bits per heavy atom. The first-order valence-corrected chi connectivity index (χ1v) is 11.4. The van der Waals surface area contributed by atoms with Crippen molar-refractivity contribution in [2.24, 2.45) is 0 Å². The Morgan fingerprint density at radius 2 is 1.52 bits per heavy atom. The summed E-state index contributed by atoms with van der Waals surface area (Å²) in [7, 11) is -1.91. The number of hydrogen-bond acceptors (Lipinski definition) is 4. The molecule has 1 heterocycles. The van der Waals surface area contributed by atoms with E-state index in [1.165, 1.54) is 4.31 Å². The van der Waals surface area contributed by atoms with Crippen LogP contribution in [0.15, 0.2) is 53.4 Å². The lowest BCUT2D eigenvalue weighted by atomic mass is 10.1. The maximum atomic E-state index is 12.9. The lowest BCUT2D eigenvalue weighted by Gasteiger charge is -2.34. The predicted molar refractivity (Wildman–Crippen MR) is 112 cm³/mol. The van der Waals surface area contributed by atoms with E-state index in [0.717, 1.165) is 24.0 Å². The molecule has 156 valence electrons. The average molecular weight is 417 g/mol. The molecule has 7 heteroatoms. The van der Waals surface area contributed by atoms with E-state index in [0.29, 0.717) is 43.2 Å². The first-order valence-electron chi connectivity index (χ1n) is 9.92. The van der Waals surface area contributed by atoms with Gasteiger partial charge in [-0.05, 0) is 41.8 Å². The van der Waals surface area contributed by atoms with Crippen LogP contribution >= 0.6 is 0 Å². The van der Waals surface area contributed by atoms with Crippen molar-refractivity contribution >= 4 is 15.9 Å². The molecule has 2 aromatic rings. The van der Waals surface area contributed by atoms with E-state index in [2.05, 4.69) is 6.92 Å². The standard InChI is InChI=1S/C22H28N2O4S/c1-3-4-18-7-11-21(12-8-18)29(26,27)24-15-13-23(14-16-24)22(25)20-9-5-19(6-10-20)17-28-2/h5-12H,3-4,13-17H2,1-2H3. The summed E-state index contributed by atoms with van der Waals surface area (Å²) in [6.45, 7) is 3.96. The number of rotatable bonds is 7. The Hall–Kier alpha value is -2.22. The van der Waals surface area contributed by atoms with Gasteiger partial charge in [-0.1, -0.05) is 37.6 Å². The molecular weight excluding hydrogens is 388 g/mol. The minimum atomic E-state index is -3.54. The van der Waals surface area contributed by atoms with E-state index in [9.17, 15) is 13.2 Å². The lowest BCUT2D eigenvalue weighted by Crippen LogP contribution is -2.50. The summed E-state index contributed by atoms with van der Waals surface area (Å²) in [5.74, 6) is -0.0741. The second-order valence-corrected chi connectivity index (χ2v) is 9.16. The highest BCUT2D eigenvalue weighted by Gasteiger charge is 2.30. The monoisotopic (exact) mass is 416 g/mol. The minimum Gasteiger partial charge on any atom is -0.380 e. The topological polar surface area (TPSA) is 66.9 Å². The highest BCUT2D eigenvalue weighted by atomic mass is 32.2. The minimum absolute atomic E-state index is 0.0741. The number of sulfonamides is 1. The molecule has 0 unspecified atom stereocenters. The van der Waals surface area contributed by atoms with Crippen LogP contribution in [0.5, 0.6) is 0 Å². The number of benzene rings is 2. The molecule has 2 aromatic carbocycles. The molecule has 6 nitrogen and oxygen atoms in total. The molecule has 0 spiro atoms. The van der Waals surface area contributed by atoms with Gasteiger partial charge < -0.3 is 9.64 Å². The second-order valence-electron chi connectivity index (χ2n) is 7.22. The van der Waals surface area contributed by atoms with Gasteiger partial charge in [0, 0.05) is 38.9 Å². The van der Waals surface area contributed by atoms with Gasteiger partial charge in [-0.3, -0.25) is 4.79 Å². The van der Waals surface area contributed by atoms with E-state index in [1.807, 2.05) is 24.3 Å². The lowest BCUT2D eigenvalue weighted by molar-refractivity contribution is 0.0698. The summed E-state index contributed by atoms with van der Waals surface area (Å²) in [6, 6.07) is 14.4. The fourth-order valence-electron chi connectivity index (χ4n) is 3.49. The maximum absolute atomic E-state index is 12.9. The Bertz CT molecular complexity index is 916. The zero-order chi connectivity index (χ0) is 20.9. The van der Waals surface area contributed by atoms with Gasteiger partial charge in [0.05, 0.1) is 11.5 Å². The molecule has 0 saturated carbocycles. The smallest absolute Gasteiger partial charge is 0.253 e. The molecule has 0 aromatic heterocycles. The highest BCUT2D eigenvalue weighted by molar-refractivity contribution is 7.89. The number of ether oxygens (including phenoxy) is 1. The van der Waals surface area contributed by atoms with Gasteiger partial charge in [0.1, 0.15) is 0 Å². The number of aryl methyl sites for hydroxylation is 1. The molecule has 1 saturated heterocycles. The molecule has 1 aliphatic heterocycles. The SMILES string of the molecule is CCCc1ccc(S(=O)(=O)N2CCN(C(=O)c3ccc(COC)cc3)CC2)cc1. The van der Waals surface area contributed by atoms with E-state index in [1.54, 1.807) is 36.3 Å². The van der Waals surface area contributed by atoms with Crippen molar-refractivity contribution in [2.45, 2.75) is 31.3 Å². The zero-order valence-electron chi connectivity index (χ0n) is 17.0. The fraction of sp³-hybridized carbons (Fsp3) is 0.409. The van der Waals surface area contributed by atoms with E-state index in [4.69, 9.17) is 4.74 Å². The predicted octanol–water partition coefficient (Wildman–Crippen LogP) is 2.93. The number of amides is 1. The summed E-state index contributed by atoms with van der Waals surface area (Å²) < 4.78 is 32.4. The largest absolute Gasteiger partial charge is 0.380 e. The molecule has 1 fully saturated rings. The van der Waals surface area contributed by atoms with Crippen molar-refractivity contribution in [3.05, 3.63) is 65.2 Å². The van der Waals surface area contributed by atoms with Crippen molar-refractivity contribution < 1.29 is 17.9 Å². The van der Waals surface area contributed by atoms with Crippen LogP contribution in [0.1, 0.15) is 34.8 Å². The molecule has 0 aliphatic carbocycles. The van der Waals surface area contributed by atoms with Crippen LogP contribution in [0.2, 0.25) is 0 Å². The van der Waals surface area contributed by atoms with E-state index in [-0.39, 0.29) is 5.91 Å². The van der Waals surface area contributed by atoms with Gasteiger partial charge in [-0.15, -0.1) is 0 Å². The van der Waals surface area contributed by atoms with Crippen LogP contribution in [0, 0.1) is 0 Å². The van der Waals surface area contributed by atoms with Crippen molar-refractivity contribution in [1.82, 2.24) is 9.21 Å². The van der Waals surface area contributed by atoms with Crippen LogP contribution in [0.3, 0.4) is 0 Å². The Labute approximate surface area is 173 Å². The van der Waals surface area contributed by atoms with Crippen molar-refractivity contribution in [3.8, 4) is 0 Å².